The smallest absolute Gasteiger partial charge is 0.252 e. The highest BCUT2D eigenvalue weighted by Crippen LogP contribution is 2.24. The lowest BCUT2D eigenvalue weighted by Gasteiger charge is -2.16. The maximum Gasteiger partial charge on any atom is 0.252 e. The van der Waals surface area contributed by atoms with Gasteiger partial charge in [-0.25, -0.2) is 4.98 Å². The fourth-order valence-electron chi connectivity index (χ4n) is 4.12. The molecule has 2 rings (SSSR count). The number of amides is 1. The van der Waals surface area contributed by atoms with Gasteiger partial charge in [0, 0.05) is 31.4 Å². The quantitative estimate of drug-likeness (QED) is 0.172. The van der Waals surface area contributed by atoms with Crippen molar-refractivity contribution in [3.63, 3.8) is 0 Å². The zero-order chi connectivity index (χ0) is 25.3. The molecule has 2 heterocycles. The van der Waals surface area contributed by atoms with E-state index in [-0.39, 0.29) is 11.7 Å². The van der Waals surface area contributed by atoms with Gasteiger partial charge < -0.3 is 20.1 Å². The van der Waals surface area contributed by atoms with Crippen molar-refractivity contribution in [1.82, 2.24) is 14.7 Å². The van der Waals surface area contributed by atoms with Gasteiger partial charge in [0.1, 0.15) is 0 Å². The van der Waals surface area contributed by atoms with E-state index in [1.165, 1.54) is 16.7 Å². The van der Waals surface area contributed by atoms with Crippen LogP contribution >= 0.6 is 0 Å². The molecule has 0 saturated heterocycles. The number of aromatic nitrogens is 2. The third-order valence-corrected chi connectivity index (χ3v) is 6.31. The number of nitrogens with one attached hydrogen (secondary N) is 2. The van der Waals surface area contributed by atoms with Crippen molar-refractivity contribution in [3.05, 3.63) is 64.3 Å². The standard InChI is InChI=1S/C28H42N4O2/c1-8-23(9-2)25(19(3)4)17-30-26-16-24(18-32-22(7)21(6)31-27(26)32)28(34)29-15-13-11-10-12-14-20(5)33/h8,16,18,30,33H,5,9-15,17H2,1-4,6-7H3,(H,29,34)/b23-8-. The number of nitrogens with zero attached hydrogens (tertiary/aromatic N) is 2. The first-order valence-electron chi connectivity index (χ1n) is 12.4. The summed E-state index contributed by atoms with van der Waals surface area (Å²) in [5.74, 6) is 0.163. The van der Waals surface area contributed by atoms with Crippen LogP contribution in [0.3, 0.4) is 0 Å². The first kappa shape index (κ1) is 27.2. The van der Waals surface area contributed by atoms with E-state index >= 15 is 0 Å². The molecule has 3 N–H and O–H groups in total. The van der Waals surface area contributed by atoms with Crippen molar-refractivity contribution in [3.8, 4) is 0 Å². The van der Waals surface area contributed by atoms with Crippen molar-refractivity contribution in [2.24, 2.45) is 0 Å². The molecule has 2 aromatic rings. The number of aliphatic hydroxyl groups is 1. The molecule has 1 amide bonds. The lowest BCUT2D eigenvalue weighted by molar-refractivity contribution is 0.0952. The minimum absolute atomic E-state index is 0.0791. The van der Waals surface area contributed by atoms with Gasteiger partial charge in [0.05, 0.1) is 22.7 Å². The fraction of sp³-hybridized carbons (Fsp3) is 0.500. The molecule has 0 atom stereocenters. The summed E-state index contributed by atoms with van der Waals surface area (Å²) in [7, 11) is 0. The number of unbranched alkanes of at least 4 members (excludes halogenated alkanes) is 3. The predicted molar refractivity (Wildman–Crippen MR) is 143 cm³/mol. The Morgan fingerprint density at radius 1 is 1.21 bits per heavy atom. The van der Waals surface area contributed by atoms with Crippen LogP contribution in [0.4, 0.5) is 5.69 Å². The van der Waals surface area contributed by atoms with Crippen molar-refractivity contribution in [2.45, 2.75) is 80.1 Å². The van der Waals surface area contributed by atoms with E-state index < -0.39 is 0 Å². The lowest BCUT2D eigenvalue weighted by Crippen LogP contribution is -2.25. The van der Waals surface area contributed by atoms with Crippen molar-refractivity contribution in [1.29, 1.82) is 0 Å². The first-order chi connectivity index (χ1) is 16.2. The van der Waals surface area contributed by atoms with Crippen molar-refractivity contribution in [2.75, 3.05) is 18.4 Å². The predicted octanol–water partition coefficient (Wildman–Crippen LogP) is 6.81. The van der Waals surface area contributed by atoms with Gasteiger partial charge in [-0.2, -0.15) is 0 Å². The number of aliphatic hydroxyl groups excluding tert-OH is 1. The number of aryl methyl sites for hydroxylation is 2. The maximum atomic E-state index is 12.9. The topological polar surface area (TPSA) is 78.7 Å². The van der Waals surface area contributed by atoms with Crippen molar-refractivity contribution >= 4 is 17.2 Å². The third-order valence-electron chi connectivity index (χ3n) is 6.31. The molecule has 0 saturated carbocycles. The molecule has 186 valence electrons. The van der Waals surface area contributed by atoms with Crippen LogP contribution in [0, 0.1) is 13.8 Å². The molecule has 0 aliphatic rings. The van der Waals surface area contributed by atoms with Gasteiger partial charge in [-0.1, -0.05) is 38.0 Å². The number of imidazole rings is 1. The molecule has 0 aliphatic heterocycles. The summed E-state index contributed by atoms with van der Waals surface area (Å²) in [6, 6.07) is 1.91. The molecule has 6 heteroatoms. The molecule has 6 nitrogen and oxygen atoms in total. The highest BCUT2D eigenvalue weighted by molar-refractivity contribution is 5.96. The fourth-order valence-corrected chi connectivity index (χ4v) is 4.12. The van der Waals surface area contributed by atoms with E-state index in [0.717, 1.165) is 54.8 Å². The summed E-state index contributed by atoms with van der Waals surface area (Å²) in [5.41, 5.74) is 8.21. The van der Waals surface area contributed by atoms with Gasteiger partial charge in [-0.15, -0.1) is 0 Å². The summed E-state index contributed by atoms with van der Waals surface area (Å²) < 4.78 is 2.01. The zero-order valence-corrected chi connectivity index (χ0v) is 21.8. The van der Waals surface area contributed by atoms with E-state index in [0.29, 0.717) is 25.1 Å². The van der Waals surface area contributed by atoms with Crippen LogP contribution in [0.2, 0.25) is 0 Å². The number of fused-ring (bicyclic) bond motifs is 1. The summed E-state index contributed by atoms with van der Waals surface area (Å²) in [6.07, 6.45) is 9.54. The number of allylic oxidation sites excluding steroid dienone is 3. The molecule has 0 bridgehead atoms. The first-order valence-corrected chi connectivity index (χ1v) is 12.4. The molecule has 0 aliphatic carbocycles. The largest absolute Gasteiger partial charge is 0.513 e. The van der Waals surface area contributed by atoms with Gasteiger partial charge in [0.2, 0.25) is 0 Å². The van der Waals surface area contributed by atoms with E-state index in [2.05, 4.69) is 51.0 Å². The van der Waals surface area contributed by atoms with E-state index in [1.807, 2.05) is 30.5 Å². The van der Waals surface area contributed by atoms with E-state index in [9.17, 15) is 4.79 Å². The number of hydrogen-bond acceptors (Lipinski definition) is 4. The second-order valence-corrected chi connectivity index (χ2v) is 9.10. The average molecular weight is 467 g/mol. The van der Waals surface area contributed by atoms with Crippen LogP contribution in [-0.2, 0) is 0 Å². The van der Waals surface area contributed by atoms with Gasteiger partial charge in [0.15, 0.2) is 5.65 Å². The van der Waals surface area contributed by atoms with Gasteiger partial charge in [-0.3, -0.25) is 4.79 Å². The Labute approximate surface area is 204 Å². The monoisotopic (exact) mass is 466 g/mol. The summed E-state index contributed by atoms with van der Waals surface area (Å²) in [4.78, 5) is 17.7. The Kier molecular flexibility index (Phi) is 10.4. The van der Waals surface area contributed by atoms with Crippen LogP contribution in [0.25, 0.3) is 5.65 Å². The second-order valence-electron chi connectivity index (χ2n) is 9.10. The number of rotatable bonds is 13. The van der Waals surface area contributed by atoms with E-state index in [1.54, 1.807) is 0 Å². The Bertz CT molecular complexity index is 1070. The number of carbonyl (C=O) groups is 1. The van der Waals surface area contributed by atoms with Gasteiger partial charge >= 0.3 is 0 Å². The van der Waals surface area contributed by atoms with Crippen molar-refractivity contribution < 1.29 is 9.90 Å². The highest BCUT2D eigenvalue weighted by Gasteiger charge is 2.15. The number of hydrogen-bond donors (Lipinski definition) is 3. The van der Waals surface area contributed by atoms with Gasteiger partial charge in [-0.05, 0) is 71.1 Å². The molecule has 0 unspecified atom stereocenters. The molecule has 0 fully saturated rings. The Morgan fingerprint density at radius 2 is 1.91 bits per heavy atom. The second kappa shape index (κ2) is 13.0. The SMILES string of the molecule is C=C(O)CCCCCCNC(=O)c1cc(NCC(=C(C)C)/C(=C\C)CC)c2nc(C)c(C)n2c1. The average Bonchev–Trinajstić information content (AvgIpc) is 3.09. The summed E-state index contributed by atoms with van der Waals surface area (Å²) >= 11 is 0. The minimum Gasteiger partial charge on any atom is -0.513 e. The molecule has 34 heavy (non-hydrogen) atoms. The Morgan fingerprint density at radius 3 is 2.53 bits per heavy atom. The number of anilines is 1. The summed E-state index contributed by atoms with van der Waals surface area (Å²) in [5, 5.41) is 15.8. The lowest BCUT2D eigenvalue weighted by atomic mass is 9.99. The van der Waals surface area contributed by atoms with Gasteiger partial charge in [0.25, 0.3) is 5.91 Å². The minimum atomic E-state index is -0.0791. The molecular weight excluding hydrogens is 424 g/mol. The highest BCUT2D eigenvalue weighted by atomic mass is 16.3. The summed E-state index contributed by atoms with van der Waals surface area (Å²) in [6.45, 7) is 17.4. The van der Waals surface area contributed by atoms with Crippen LogP contribution < -0.4 is 10.6 Å². The van der Waals surface area contributed by atoms with Crippen LogP contribution in [0.5, 0.6) is 0 Å². The Hall–Kier alpha value is -3.02. The van der Waals surface area contributed by atoms with Crippen LogP contribution in [-0.4, -0.2) is 33.5 Å². The zero-order valence-electron chi connectivity index (χ0n) is 21.8. The molecule has 0 radical (unpaired) electrons. The van der Waals surface area contributed by atoms with E-state index in [4.69, 9.17) is 10.1 Å². The Balaban J connectivity index is 2.16. The molecule has 2 aromatic heterocycles. The molecular formula is C28H42N4O2. The third kappa shape index (κ3) is 7.24. The normalized spacial score (nSPS) is 11.5. The van der Waals surface area contributed by atoms with Crippen LogP contribution in [0.1, 0.15) is 88.0 Å². The number of pyridine rings is 1. The van der Waals surface area contributed by atoms with Crippen LogP contribution in [0.15, 0.2) is 47.4 Å². The number of carbonyl (C=O) groups excluding carboxylic acids is 1. The molecule has 0 spiro atoms. The molecule has 0 aromatic carbocycles. The maximum absolute atomic E-state index is 12.9.